The van der Waals surface area contributed by atoms with E-state index in [4.69, 9.17) is 4.74 Å². The molecule has 0 spiro atoms. The first kappa shape index (κ1) is 29.0. The molecule has 2 aliphatic heterocycles. The molecule has 5 rings (SSSR count). The Morgan fingerprint density at radius 3 is 2.56 bits per heavy atom. The summed E-state index contributed by atoms with van der Waals surface area (Å²) in [5.74, 6) is -3.85. The monoisotopic (exact) mass is 571 g/mol. The quantitative estimate of drug-likeness (QED) is 0.456. The predicted molar refractivity (Wildman–Crippen MR) is 153 cm³/mol. The van der Waals surface area contributed by atoms with E-state index < -0.39 is 18.4 Å². The molecule has 1 aromatic heterocycles. The van der Waals surface area contributed by atoms with Crippen molar-refractivity contribution in [2.45, 2.75) is 69.9 Å². The van der Waals surface area contributed by atoms with Crippen LogP contribution in [-0.4, -0.2) is 73.1 Å². The van der Waals surface area contributed by atoms with E-state index in [1.165, 1.54) is 20.4 Å². The van der Waals surface area contributed by atoms with E-state index in [2.05, 4.69) is 39.8 Å². The van der Waals surface area contributed by atoms with Crippen LogP contribution in [0, 0.1) is 5.92 Å². The summed E-state index contributed by atoms with van der Waals surface area (Å²) in [5, 5.41) is 9.75. The molecule has 0 unspecified atom stereocenters. The van der Waals surface area contributed by atoms with Gasteiger partial charge in [0.25, 0.3) is 11.8 Å². The maximum atomic E-state index is 14.9. The van der Waals surface area contributed by atoms with Crippen LogP contribution in [0.3, 0.4) is 0 Å². The van der Waals surface area contributed by atoms with Crippen LogP contribution in [-0.2, 0) is 4.79 Å². The summed E-state index contributed by atoms with van der Waals surface area (Å²) in [6, 6.07) is 4.94. The third-order valence-electron chi connectivity index (χ3n) is 8.81. The summed E-state index contributed by atoms with van der Waals surface area (Å²) in [4.78, 5) is 37.3. The Morgan fingerprint density at radius 1 is 1.20 bits per heavy atom. The zero-order valence-electron chi connectivity index (χ0n) is 24.1. The molecule has 0 radical (unpaired) electrons. The Hall–Kier alpha value is -3.54. The van der Waals surface area contributed by atoms with Gasteiger partial charge in [0, 0.05) is 24.2 Å². The summed E-state index contributed by atoms with van der Waals surface area (Å²) in [5.41, 5.74) is 0.933. The number of carbonyl (C=O) groups is 2. The number of amides is 2. The summed E-state index contributed by atoms with van der Waals surface area (Å²) >= 11 is 0. The topological polar surface area (TPSA) is 112 Å². The average Bonchev–Trinajstić information content (AvgIpc) is 3.48. The van der Waals surface area contributed by atoms with Crippen molar-refractivity contribution in [2.75, 3.05) is 48.9 Å². The van der Waals surface area contributed by atoms with Crippen molar-refractivity contribution in [3.63, 3.8) is 0 Å². The number of fused-ring (bicyclic) bond motifs is 1. The molecule has 1 aliphatic carbocycles. The molecule has 3 heterocycles. The van der Waals surface area contributed by atoms with Gasteiger partial charge in [0.15, 0.2) is 5.82 Å². The van der Waals surface area contributed by atoms with Crippen LogP contribution >= 0.6 is 0 Å². The molecule has 41 heavy (non-hydrogen) atoms. The lowest BCUT2D eigenvalue weighted by Crippen LogP contribution is -2.57. The smallest absolute Gasteiger partial charge is 0.342 e. The molecule has 2 aromatic rings. The molecule has 10 nitrogen and oxygen atoms in total. The minimum absolute atomic E-state index is 0.136. The number of hydrogen-bond acceptors (Lipinski definition) is 8. The Balaban J connectivity index is 1.41. The molecule has 12 heteroatoms. The number of carbonyl (C=O) groups excluding carboxylic acids is 2. The second-order valence-electron chi connectivity index (χ2n) is 11.6. The fourth-order valence-electron chi connectivity index (χ4n) is 6.18. The highest BCUT2D eigenvalue weighted by molar-refractivity contribution is 6.02. The maximum absolute atomic E-state index is 14.9. The Labute approximate surface area is 239 Å². The number of methoxy groups -OCH3 is 1. The first-order valence-electron chi connectivity index (χ1n) is 14.3. The van der Waals surface area contributed by atoms with E-state index in [1.54, 1.807) is 23.1 Å². The van der Waals surface area contributed by atoms with Gasteiger partial charge < -0.3 is 30.5 Å². The van der Waals surface area contributed by atoms with Gasteiger partial charge >= 0.3 is 5.92 Å². The van der Waals surface area contributed by atoms with Gasteiger partial charge in [0.1, 0.15) is 11.4 Å². The second-order valence-corrected chi connectivity index (χ2v) is 11.6. The third kappa shape index (κ3) is 5.66. The molecular weight excluding hydrogens is 532 g/mol. The molecule has 222 valence electrons. The number of rotatable bonds is 7. The first-order valence-corrected chi connectivity index (χ1v) is 14.3. The van der Waals surface area contributed by atoms with Gasteiger partial charge in [-0.2, -0.15) is 13.8 Å². The van der Waals surface area contributed by atoms with Crippen molar-refractivity contribution in [1.29, 1.82) is 0 Å². The lowest BCUT2D eigenvalue weighted by Gasteiger charge is -2.42. The predicted octanol–water partition coefficient (Wildman–Crippen LogP) is 4.10. The van der Waals surface area contributed by atoms with Crippen LogP contribution < -0.4 is 30.5 Å². The number of anilines is 4. The largest absolute Gasteiger partial charge is 0.495 e. The number of alkyl halides is 2. The van der Waals surface area contributed by atoms with E-state index in [-0.39, 0.29) is 35.0 Å². The number of piperidine rings is 1. The third-order valence-corrected chi connectivity index (χ3v) is 8.81. The van der Waals surface area contributed by atoms with Crippen molar-refractivity contribution in [1.82, 2.24) is 20.6 Å². The molecule has 1 saturated heterocycles. The fraction of sp³-hybridized carbons (Fsp3) is 0.586. The molecule has 3 N–H and O–H groups in total. The molecule has 1 aromatic carbocycles. The van der Waals surface area contributed by atoms with Crippen LogP contribution in [0.15, 0.2) is 24.4 Å². The van der Waals surface area contributed by atoms with Gasteiger partial charge in [-0.3, -0.25) is 9.59 Å². The lowest BCUT2D eigenvalue weighted by atomic mass is 9.78. The first-order chi connectivity index (χ1) is 19.5. The highest BCUT2D eigenvalue weighted by Gasteiger charge is 2.48. The summed E-state index contributed by atoms with van der Waals surface area (Å²) < 4.78 is 35.4. The van der Waals surface area contributed by atoms with Crippen LogP contribution in [0.25, 0.3) is 0 Å². The van der Waals surface area contributed by atoms with E-state index in [0.29, 0.717) is 22.8 Å². The number of aromatic nitrogens is 2. The Kier molecular flexibility index (Phi) is 8.04. The molecule has 0 bridgehead atoms. The second kappa shape index (κ2) is 11.4. The van der Waals surface area contributed by atoms with Gasteiger partial charge in [-0.15, -0.1) is 0 Å². The standard InChI is InChI=1S/C29H39F2N7O3/c1-18(2)28(11-13-32-14-12-28)36-25(39)19-9-10-21(23(15-19)41-4)34-27-33-16-22-24(35-27)38(20-7-5-6-8-20)17-29(30,31)26(40)37(22)3/h9-10,15-16,18,20,32H,5-8,11-14,17H2,1-4H3,(H,36,39)(H,33,34,35). The molecule has 2 amide bonds. The van der Waals surface area contributed by atoms with Crippen molar-refractivity contribution < 1.29 is 23.1 Å². The maximum Gasteiger partial charge on any atom is 0.342 e. The lowest BCUT2D eigenvalue weighted by molar-refractivity contribution is -0.140. The van der Waals surface area contributed by atoms with E-state index in [1.807, 2.05) is 0 Å². The van der Waals surface area contributed by atoms with Crippen molar-refractivity contribution in [2.24, 2.45) is 5.92 Å². The van der Waals surface area contributed by atoms with E-state index >= 15 is 0 Å². The van der Waals surface area contributed by atoms with Crippen LogP contribution in [0.2, 0.25) is 0 Å². The van der Waals surface area contributed by atoms with Gasteiger partial charge in [0.2, 0.25) is 5.95 Å². The number of nitrogens with one attached hydrogen (secondary N) is 3. The van der Waals surface area contributed by atoms with E-state index in [9.17, 15) is 18.4 Å². The Morgan fingerprint density at radius 2 is 1.90 bits per heavy atom. The molecule has 1 saturated carbocycles. The van der Waals surface area contributed by atoms with Crippen molar-refractivity contribution >= 4 is 35.0 Å². The fourth-order valence-corrected chi connectivity index (χ4v) is 6.18. The van der Waals surface area contributed by atoms with Crippen molar-refractivity contribution in [3.8, 4) is 5.75 Å². The van der Waals surface area contributed by atoms with Crippen molar-refractivity contribution in [3.05, 3.63) is 30.0 Å². The highest BCUT2D eigenvalue weighted by Crippen LogP contribution is 2.40. The van der Waals surface area contributed by atoms with E-state index in [0.717, 1.165) is 56.5 Å². The molecule has 0 atom stereocenters. The van der Waals surface area contributed by atoms with Crippen LogP contribution in [0.1, 0.15) is 62.7 Å². The SMILES string of the molecule is COc1cc(C(=O)NC2(C(C)C)CCNCC2)ccc1Nc1ncc2c(n1)N(C1CCCC1)CC(F)(F)C(=O)N2C. The highest BCUT2D eigenvalue weighted by atomic mass is 19.3. The average molecular weight is 572 g/mol. The zero-order valence-corrected chi connectivity index (χ0v) is 24.1. The van der Waals surface area contributed by atoms with Gasteiger partial charge in [-0.1, -0.05) is 26.7 Å². The molecule has 3 aliphatic rings. The minimum atomic E-state index is -3.55. The summed E-state index contributed by atoms with van der Waals surface area (Å²) in [6.45, 7) is 5.23. The van der Waals surface area contributed by atoms with Crippen LogP contribution in [0.4, 0.5) is 31.9 Å². The van der Waals surface area contributed by atoms with Crippen LogP contribution in [0.5, 0.6) is 5.75 Å². The van der Waals surface area contributed by atoms with Gasteiger partial charge in [0.05, 0.1) is 25.5 Å². The summed E-state index contributed by atoms with van der Waals surface area (Å²) in [6.07, 6.45) is 6.49. The number of halogens is 2. The number of benzene rings is 1. The summed E-state index contributed by atoms with van der Waals surface area (Å²) in [7, 11) is 2.83. The Bertz CT molecular complexity index is 1290. The number of hydrogen-bond donors (Lipinski definition) is 3. The number of nitrogens with zero attached hydrogens (tertiary/aromatic N) is 4. The van der Waals surface area contributed by atoms with Gasteiger partial charge in [-0.05, 0) is 62.9 Å². The minimum Gasteiger partial charge on any atom is -0.495 e. The number of ether oxygens (including phenoxy) is 1. The normalized spacial score (nSPS) is 20.5. The molecular formula is C29H39F2N7O3. The van der Waals surface area contributed by atoms with Gasteiger partial charge in [-0.25, -0.2) is 4.98 Å². The zero-order chi connectivity index (χ0) is 29.4. The molecule has 2 fully saturated rings.